The summed E-state index contributed by atoms with van der Waals surface area (Å²) in [5.74, 6) is 6.22. The molecular weight excluding hydrogens is 316 g/mol. The number of hydrogen-bond donors (Lipinski definition) is 2. The van der Waals surface area contributed by atoms with Gasteiger partial charge in [-0.15, -0.1) is 0 Å². The fourth-order valence-electron chi connectivity index (χ4n) is 3.51. The van der Waals surface area contributed by atoms with Crippen LogP contribution in [0.4, 0.5) is 0 Å². The van der Waals surface area contributed by atoms with Crippen LogP contribution in [0.2, 0.25) is 0 Å². The Labute approximate surface area is 130 Å². The zero-order valence-electron chi connectivity index (χ0n) is 13.0. The molecule has 0 radical (unpaired) electrons. The van der Waals surface area contributed by atoms with Gasteiger partial charge in [-0.25, -0.2) is 0 Å². The molecule has 0 amide bonds. The highest BCUT2D eigenvalue weighted by atomic mass is 79.9. The average molecular weight is 341 g/mol. The highest BCUT2D eigenvalue weighted by molar-refractivity contribution is 9.10. The second-order valence-corrected chi connectivity index (χ2v) is 7.73. The summed E-state index contributed by atoms with van der Waals surface area (Å²) >= 11 is 3.60. The topological polar surface area (TPSA) is 47.3 Å². The maximum atomic E-state index is 6.22. The van der Waals surface area contributed by atoms with E-state index in [9.17, 15) is 0 Å². The van der Waals surface area contributed by atoms with Gasteiger partial charge in [0.1, 0.15) is 0 Å². The van der Waals surface area contributed by atoms with Crippen molar-refractivity contribution in [2.24, 2.45) is 11.8 Å². The summed E-state index contributed by atoms with van der Waals surface area (Å²) in [5, 5.41) is 0. The van der Waals surface area contributed by atoms with E-state index < -0.39 is 0 Å². The van der Waals surface area contributed by atoms with E-state index in [1.54, 1.807) is 0 Å². The molecule has 0 aromatic heterocycles. The van der Waals surface area contributed by atoms with Crippen molar-refractivity contribution in [2.75, 3.05) is 0 Å². The number of nitrogens with two attached hydrogens (primary N) is 1. The first kappa shape index (κ1) is 16.0. The third-order valence-corrected chi connectivity index (χ3v) is 5.23. The Hall–Kier alpha value is -0.420. The van der Waals surface area contributed by atoms with E-state index in [0.717, 1.165) is 10.9 Å². The highest BCUT2D eigenvalue weighted by Gasteiger charge is 2.49. The number of hydrogen-bond acceptors (Lipinski definition) is 3. The number of halogens is 1. The molecule has 3 nitrogen and oxygen atoms in total. The lowest BCUT2D eigenvalue weighted by atomic mass is 9.78. The van der Waals surface area contributed by atoms with Crippen LogP contribution in [0.15, 0.2) is 22.7 Å². The van der Waals surface area contributed by atoms with Crippen LogP contribution in [0, 0.1) is 12.8 Å². The summed E-state index contributed by atoms with van der Waals surface area (Å²) in [7, 11) is 0. The van der Waals surface area contributed by atoms with E-state index in [0.29, 0.717) is 5.92 Å². The van der Waals surface area contributed by atoms with Crippen molar-refractivity contribution in [2.45, 2.75) is 58.3 Å². The monoisotopic (exact) mass is 340 g/mol. The number of hydrazine groups is 1. The molecule has 1 aliphatic heterocycles. The number of ether oxygens (including phenoxy) is 1. The standard InChI is InChI=1S/C16H25BrN2O/c1-10-11(7-6-8-13(10)17)14(19-18)12-9-15(2,3)20-16(12,4)5/h6-8,12,14,19H,9,18H2,1-5H3. The van der Waals surface area contributed by atoms with E-state index in [-0.39, 0.29) is 17.2 Å². The Bertz CT molecular complexity index is 499. The summed E-state index contributed by atoms with van der Waals surface area (Å²) in [5.41, 5.74) is 5.18. The van der Waals surface area contributed by atoms with Gasteiger partial charge in [0.25, 0.3) is 0 Å². The molecule has 0 aliphatic carbocycles. The van der Waals surface area contributed by atoms with Crippen molar-refractivity contribution >= 4 is 15.9 Å². The zero-order valence-corrected chi connectivity index (χ0v) is 14.5. The van der Waals surface area contributed by atoms with Crippen molar-refractivity contribution in [1.82, 2.24) is 5.43 Å². The Morgan fingerprint density at radius 1 is 1.35 bits per heavy atom. The molecule has 1 aromatic carbocycles. The molecule has 2 unspecified atom stereocenters. The summed E-state index contributed by atoms with van der Waals surface area (Å²) in [6.45, 7) is 10.7. The maximum Gasteiger partial charge on any atom is 0.0681 e. The first-order valence-electron chi connectivity index (χ1n) is 7.09. The van der Waals surface area contributed by atoms with Gasteiger partial charge >= 0.3 is 0 Å². The minimum absolute atomic E-state index is 0.0873. The molecule has 2 rings (SSSR count). The van der Waals surface area contributed by atoms with E-state index in [1.165, 1.54) is 11.1 Å². The van der Waals surface area contributed by atoms with Crippen LogP contribution >= 0.6 is 15.9 Å². The van der Waals surface area contributed by atoms with Gasteiger partial charge in [-0.05, 0) is 58.2 Å². The number of nitrogens with one attached hydrogen (secondary N) is 1. The molecule has 0 bridgehead atoms. The first-order chi connectivity index (χ1) is 9.18. The zero-order chi connectivity index (χ0) is 15.1. The van der Waals surface area contributed by atoms with Crippen LogP contribution < -0.4 is 11.3 Å². The molecule has 0 saturated carbocycles. The molecule has 4 heteroatoms. The summed E-state index contributed by atoms with van der Waals surface area (Å²) in [6, 6.07) is 6.35. The molecule has 1 fully saturated rings. The minimum Gasteiger partial charge on any atom is -0.369 e. The summed E-state index contributed by atoms with van der Waals surface area (Å²) < 4.78 is 7.33. The van der Waals surface area contributed by atoms with Crippen LogP contribution in [0.25, 0.3) is 0 Å². The Morgan fingerprint density at radius 2 is 2.00 bits per heavy atom. The van der Waals surface area contributed by atoms with Crippen LogP contribution in [0.1, 0.15) is 51.3 Å². The SMILES string of the molecule is Cc1c(Br)cccc1C(NN)C1CC(C)(C)OC1(C)C. The van der Waals surface area contributed by atoms with Gasteiger partial charge in [0.15, 0.2) is 0 Å². The van der Waals surface area contributed by atoms with Gasteiger partial charge in [0.2, 0.25) is 0 Å². The Morgan fingerprint density at radius 3 is 2.50 bits per heavy atom. The van der Waals surface area contributed by atoms with E-state index in [1.807, 2.05) is 0 Å². The quantitative estimate of drug-likeness (QED) is 0.648. The van der Waals surface area contributed by atoms with Crippen LogP contribution in [0.3, 0.4) is 0 Å². The van der Waals surface area contributed by atoms with Gasteiger partial charge in [-0.3, -0.25) is 11.3 Å². The second-order valence-electron chi connectivity index (χ2n) is 6.87. The molecule has 1 saturated heterocycles. The molecule has 1 aliphatic rings. The number of benzene rings is 1. The van der Waals surface area contributed by atoms with E-state index in [2.05, 4.69) is 74.2 Å². The highest BCUT2D eigenvalue weighted by Crippen LogP contribution is 2.48. The van der Waals surface area contributed by atoms with Gasteiger partial charge in [0.05, 0.1) is 17.2 Å². The lowest BCUT2D eigenvalue weighted by Gasteiger charge is -2.33. The normalized spacial score (nSPS) is 25.6. The molecule has 2 atom stereocenters. The van der Waals surface area contributed by atoms with Crippen LogP contribution in [-0.4, -0.2) is 11.2 Å². The van der Waals surface area contributed by atoms with E-state index in [4.69, 9.17) is 10.6 Å². The summed E-state index contributed by atoms with van der Waals surface area (Å²) in [6.07, 6.45) is 0.987. The Balaban J connectivity index is 2.40. The Kier molecular flexibility index (Phi) is 4.32. The minimum atomic E-state index is -0.199. The third-order valence-electron chi connectivity index (χ3n) is 4.37. The predicted octanol–water partition coefficient (Wildman–Crippen LogP) is 3.86. The van der Waals surface area contributed by atoms with Crippen LogP contribution in [0.5, 0.6) is 0 Å². The smallest absolute Gasteiger partial charge is 0.0681 e. The van der Waals surface area contributed by atoms with Crippen LogP contribution in [-0.2, 0) is 4.74 Å². The van der Waals surface area contributed by atoms with E-state index >= 15 is 0 Å². The molecule has 0 spiro atoms. The summed E-state index contributed by atoms with van der Waals surface area (Å²) in [4.78, 5) is 0. The maximum absolute atomic E-state index is 6.22. The molecule has 20 heavy (non-hydrogen) atoms. The van der Waals surface area contributed by atoms with Crippen molar-refractivity contribution < 1.29 is 4.74 Å². The van der Waals surface area contributed by atoms with Crippen molar-refractivity contribution in [3.8, 4) is 0 Å². The molecule has 112 valence electrons. The fourth-order valence-corrected chi connectivity index (χ4v) is 3.89. The molecule has 3 N–H and O–H groups in total. The van der Waals surface area contributed by atoms with Crippen molar-refractivity contribution in [3.05, 3.63) is 33.8 Å². The molecule has 1 heterocycles. The predicted molar refractivity (Wildman–Crippen MR) is 86.3 cm³/mol. The van der Waals surface area contributed by atoms with Gasteiger partial charge < -0.3 is 4.74 Å². The third kappa shape index (κ3) is 2.93. The lowest BCUT2D eigenvalue weighted by molar-refractivity contribution is -0.0779. The first-order valence-corrected chi connectivity index (χ1v) is 7.88. The second kappa shape index (κ2) is 5.41. The molecular formula is C16H25BrN2O. The number of rotatable bonds is 3. The van der Waals surface area contributed by atoms with Crippen molar-refractivity contribution in [1.29, 1.82) is 0 Å². The lowest BCUT2D eigenvalue weighted by Crippen LogP contribution is -2.41. The molecule has 1 aromatic rings. The average Bonchev–Trinajstić information content (AvgIpc) is 2.54. The van der Waals surface area contributed by atoms with Crippen molar-refractivity contribution in [3.63, 3.8) is 0 Å². The van der Waals surface area contributed by atoms with Gasteiger partial charge in [-0.1, -0.05) is 28.1 Å². The van der Waals surface area contributed by atoms with Gasteiger partial charge in [0, 0.05) is 10.4 Å². The fraction of sp³-hybridized carbons (Fsp3) is 0.625. The largest absolute Gasteiger partial charge is 0.369 e. The van der Waals surface area contributed by atoms with Gasteiger partial charge in [-0.2, -0.15) is 0 Å².